The number of hydrogen-bond donors (Lipinski definition) is 1. The van der Waals surface area contributed by atoms with E-state index in [0.717, 1.165) is 0 Å². The Bertz CT molecular complexity index is 432. The minimum Gasteiger partial charge on any atom is -0.374 e. The zero-order valence-electron chi connectivity index (χ0n) is 9.94. The number of alkyl halides is 2. The quantitative estimate of drug-likeness (QED) is 0.455. The van der Waals surface area contributed by atoms with E-state index in [2.05, 4.69) is 10.1 Å². The van der Waals surface area contributed by atoms with Gasteiger partial charge in [0.2, 0.25) is 0 Å². The van der Waals surface area contributed by atoms with Crippen LogP contribution >= 0.6 is 11.6 Å². The van der Waals surface area contributed by atoms with Crippen LogP contribution in [0.1, 0.15) is 5.56 Å². The molecule has 0 aliphatic rings. The molecule has 0 aliphatic heterocycles. The number of benzene rings is 1. The molecule has 0 bridgehead atoms. The summed E-state index contributed by atoms with van der Waals surface area (Å²) in [6, 6.07) is 4.47. The molecule has 0 aliphatic carbocycles. The molecule has 19 heavy (non-hydrogen) atoms. The van der Waals surface area contributed by atoms with E-state index in [4.69, 9.17) is 11.6 Å². The molecule has 1 rings (SSSR count). The molecule has 5 nitrogen and oxygen atoms in total. The van der Waals surface area contributed by atoms with E-state index in [1.807, 2.05) is 0 Å². The van der Waals surface area contributed by atoms with Crippen LogP contribution in [0.25, 0.3) is 0 Å². The zero-order chi connectivity index (χ0) is 14.3. The standard InChI is InChI=1S/C11H13ClF2N2O3/c12-9-2-1-8(5-10(9)16(17)18)6-15-3-4-19-7-11(13)14/h1-2,5,11,15H,3-4,6-7H2. The number of ether oxygens (including phenoxy) is 1. The zero-order valence-corrected chi connectivity index (χ0v) is 10.7. The highest BCUT2D eigenvalue weighted by Gasteiger charge is 2.12. The molecule has 0 aromatic heterocycles. The van der Waals surface area contributed by atoms with Gasteiger partial charge in [-0.1, -0.05) is 17.7 Å². The third kappa shape index (κ3) is 5.91. The first kappa shape index (κ1) is 15.7. The van der Waals surface area contributed by atoms with Crippen LogP contribution in [-0.4, -0.2) is 31.1 Å². The van der Waals surface area contributed by atoms with Crippen molar-refractivity contribution in [3.8, 4) is 0 Å². The summed E-state index contributed by atoms with van der Waals surface area (Å²) in [5, 5.41) is 13.7. The molecule has 0 spiro atoms. The fraction of sp³-hybridized carbons (Fsp3) is 0.455. The Morgan fingerprint density at radius 1 is 1.47 bits per heavy atom. The van der Waals surface area contributed by atoms with Gasteiger partial charge < -0.3 is 10.1 Å². The van der Waals surface area contributed by atoms with Crippen molar-refractivity contribution in [1.82, 2.24) is 5.32 Å². The number of halogens is 3. The maximum Gasteiger partial charge on any atom is 0.288 e. The SMILES string of the molecule is O=[N+]([O-])c1cc(CNCCOCC(F)F)ccc1Cl. The summed E-state index contributed by atoms with van der Waals surface area (Å²) in [4.78, 5) is 10.1. The molecule has 0 heterocycles. The van der Waals surface area contributed by atoms with Crippen molar-refractivity contribution in [1.29, 1.82) is 0 Å². The van der Waals surface area contributed by atoms with Crippen LogP contribution in [0.3, 0.4) is 0 Å². The predicted octanol–water partition coefficient (Wildman–Crippen LogP) is 2.62. The average Bonchev–Trinajstić information content (AvgIpc) is 2.34. The Morgan fingerprint density at radius 3 is 2.84 bits per heavy atom. The van der Waals surface area contributed by atoms with Crippen molar-refractivity contribution in [3.63, 3.8) is 0 Å². The van der Waals surface area contributed by atoms with Crippen LogP contribution in [0, 0.1) is 10.1 Å². The second-order valence-corrected chi connectivity index (χ2v) is 4.09. The smallest absolute Gasteiger partial charge is 0.288 e. The Hall–Kier alpha value is -1.31. The third-order valence-corrected chi connectivity index (χ3v) is 2.52. The molecule has 0 saturated heterocycles. The minimum absolute atomic E-state index is 0.0778. The van der Waals surface area contributed by atoms with E-state index in [1.54, 1.807) is 6.07 Å². The number of nitro benzene ring substituents is 1. The van der Waals surface area contributed by atoms with Crippen molar-refractivity contribution in [2.75, 3.05) is 19.8 Å². The van der Waals surface area contributed by atoms with Crippen LogP contribution in [0.4, 0.5) is 14.5 Å². The van der Waals surface area contributed by atoms with Gasteiger partial charge in [0, 0.05) is 19.2 Å². The lowest BCUT2D eigenvalue weighted by Gasteiger charge is -2.06. The molecule has 0 saturated carbocycles. The van der Waals surface area contributed by atoms with Crippen LogP contribution < -0.4 is 5.32 Å². The van der Waals surface area contributed by atoms with Gasteiger partial charge in [0.25, 0.3) is 12.1 Å². The van der Waals surface area contributed by atoms with E-state index in [9.17, 15) is 18.9 Å². The second-order valence-electron chi connectivity index (χ2n) is 3.69. The molecule has 8 heteroatoms. The second kappa shape index (κ2) is 7.98. The van der Waals surface area contributed by atoms with E-state index in [-0.39, 0.29) is 17.3 Å². The van der Waals surface area contributed by atoms with Crippen molar-refractivity contribution in [2.24, 2.45) is 0 Å². The normalized spacial score (nSPS) is 10.9. The molecular weight excluding hydrogens is 282 g/mol. The summed E-state index contributed by atoms with van der Waals surface area (Å²) in [7, 11) is 0. The molecule has 1 aromatic carbocycles. The average molecular weight is 295 g/mol. The van der Waals surface area contributed by atoms with Gasteiger partial charge in [-0.15, -0.1) is 0 Å². The highest BCUT2D eigenvalue weighted by Crippen LogP contribution is 2.24. The van der Waals surface area contributed by atoms with E-state index in [1.165, 1.54) is 12.1 Å². The molecule has 1 aromatic rings. The van der Waals surface area contributed by atoms with Gasteiger partial charge in [0.15, 0.2) is 0 Å². The first-order valence-corrected chi connectivity index (χ1v) is 5.88. The number of rotatable bonds is 8. The fourth-order valence-corrected chi connectivity index (χ4v) is 1.54. The van der Waals surface area contributed by atoms with Crippen LogP contribution in [-0.2, 0) is 11.3 Å². The first-order chi connectivity index (χ1) is 9.00. The Labute approximate surface area is 113 Å². The van der Waals surface area contributed by atoms with Crippen molar-refractivity contribution in [3.05, 3.63) is 38.9 Å². The van der Waals surface area contributed by atoms with Crippen molar-refractivity contribution >= 4 is 17.3 Å². The van der Waals surface area contributed by atoms with Gasteiger partial charge in [0.1, 0.15) is 11.6 Å². The summed E-state index contributed by atoms with van der Waals surface area (Å²) < 4.78 is 28.2. The van der Waals surface area contributed by atoms with Crippen LogP contribution in [0.2, 0.25) is 5.02 Å². The van der Waals surface area contributed by atoms with Crippen molar-refractivity contribution in [2.45, 2.75) is 13.0 Å². The highest BCUT2D eigenvalue weighted by molar-refractivity contribution is 6.32. The molecule has 0 unspecified atom stereocenters. The summed E-state index contributed by atoms with van der Waals surface area (Å²) >= 11 is 5.67. The lowest BCUT2D eigenvalue weighted by atomic mass is 10.2. The number of nitrogens with zero attached hydrogens (tertiary/aromatic N) is 1. The molecule has 1 N–H and O–H groups in total. The summed E-state index contributed by atoms with van der Waals surface area (Å²) in [6.07, 6.45) is -2.47. The molecule has 0 fully saturated rings. The van der Waals surface area contributed by atoms with Crippen LogP contribution in [0.15, 0.2) is 18.2 Å². The van der Waals surface area contributed by atoms with Gasteiger partial charge in [-0.25, -0.2) is 8.78 Å². The number of hydrogen-bond acceptors (Lipinski definition) is 4. The van der Waals surface area contributed by atoms with Gasteiger partial charge >= 0.3 is 0 Å². The minimum atomic E-state index is -2.47. The lowest BCUT2D eigenvalue weighted by molar-refractivity contribution is -0.384. The summed E-state index contributed by atoms with van der Waals surface area (Å²) in [5.74, 6) is 0. The topological polar surface area (TPSA) is 64.4 Å². The van der Waals surface area contributed by atoms with E-state index < -0.39 is 18.0 Å². The molecule has 0 radical (unpaired) electrons. The number of nitrogens with one attached hydrogen (secondary N) is 1. The van der Waals surface area contributed by atoms with Gasteiger partial charge in [-0.2, -0.15) is 0 Å². The van der Waals surface area contributed by atoms with E-state index in [0.29, 0.717) is 18.7 Å². The number of nitro groups is 1. The predicted molar refractivity (Wildman–Crippen MR) is 66.6 cm³/mol. The summed E-state index contributed by atoms with van der Waals surface area (Å²) in [5.41, 5.74) is 0.528. The molecule has 0 atom stereocenters. The Morgan fingerprint density at radius 2 is 2.21 bits per heavy atom. The van der Waals surface area contributed by atoms with Gasteiger partial charge in [-0.05, 0) is 11.6 Å². The van der Waals surface area contributed by atoms with Gasteiger partial charge in [-0.3, -0.25) is 10.1 Å². The monoisotopic (exact) mass is 294 g/mol. The molecule has 106 valence electrons. The maximum absolute atomic E-state index is 11.7. The fourth-order valence-electron chi connectivity index (χ4n) is 1.36. The molecular formula is C11H13ClF2N2O3. The van der Waals surface area contributed by atoms with Crippen molar-refractivity contribution < 1.29 is 18.4 Å². The highest BCUT2D eigenvalue weighted by atomic mass is 35.5. The first-order valence-electron chi connectivity index (χ1n) is 5.50. The maximum atomic E-state index is 11.7. The van der Waals surface area contributed by atoms with Crippen LogP contribution in [0.5, 0.6) is 0 Å². The van der Waals surface area contributed by atoms with E-state index >= 15 is 0 Å². The third-order valence-electron chi connectivity index (χ3n) is 2.20. The van der Waals surface area contributed by atoms with Gasteiger partial charge in [0.05, 0.1) is 11.5 Å². The Kier molecular flexibility index (Phi) is 6.61. The molecule has 0 amide bonds. The largest absolute Gasteiger partial charge is 0.374 e. The Balaban J connectivity index is 2.34. The summed E-state index contributed by atoms with van der Waals surface area (Å²) in [6.45, 7) is 0.313. The lowest BCUT2D eigenvalue weighted by Crippen LogP contribution is -2.20.